The van der Waals surface area contributed by atoms with E-state index in [0.717, 1.165) is 21.2 Å². The third kappa shape index (κ3) is 4.69. The smallest absolute Gasteiger partial charge is 0.266 e. The average Bonchev–Trinajstić information content (AvgIpc) is 3.48. The monoisotopic (exact) mass is 484 g/mol. The highest BCUT2D eigenvalue weighted by atomic mass is 32.2. The number of benzene rings is 2. The first-order chi connectivity index (χ1) is 15.8. The van der Waals surface area contributed by atoms with E-state index in [1.165, 1.54) is 31.5 Å². The Morgan fingerprint density at radius 1 is 1.12 bits per heavy atom. The van der Waals surface area contributed by atoms with E-state index in [1.807, 2.05) is 6.92 Å². The average molecular weight is 485 g/mol. The van der Waals surface area contributed by atoms with E-state index < -0.39 is 21.7 Å². The summed E-state index contributed by atoms with van der Waals surface area (Å²) in [6, 6.07) is 16.0. The summed E-state index contributed by atoms with van der Waals surface area (Å²) >= 11 is 0.993. The molecule has 0 spiro atoms. The second-order valence-corrected chi connectivity index (χ2v) is 10.2. The van der Waals surface area contributed by atoms with Gasteiger partial charge in [0.2, 0.25) is 0 Å². The number of anilines is 1. The van der Waals surface area contributed by atoms with Gasteiger partial charge in [-0.15, -0.1) is 11.3 Å². The molecular formula is C24H21FN2O4S2. The van der Waals surface area contributed by atoms with Crippen LogP contribution in [0, 0.1) is 12.7 Å². The van der Waals surface area contributed by atoms with Crippen molar-refractivity contribution in [2.75, 3.05) is 11.4 Å². The standard InChI is InChI=1S/C24H21FN2O4S2/c1-16-8-10-19(11-9-16)27(2)33(29,30)23-21(17-5-3-6-18(25)13-17)15-32-22(23)24(28)26-14-20-7-4-12-31-20/h3-13,15H,14H2,1-2H3,(H,26,28). The number of nitrogens with zero attached hydrogens (tertiary/aromatic N) is 1. The van der Waals surface area contributed by atoms with Gasteiger partial charge in [0.1, 0.15) is 21.4 Å². The number of halogens is 1. The van der Waals surface area contributed by atoms with Gasteiger partial charge < -0.3 is 9.73 Å². The van der Waals surface area contributed by atoms with Gasteiger partial charge in [-0.05, 0) is 48.9 Å². The van der Waals surface area contributed by atoms with Gasteiger partial charge in [0, 0.05) is 18.0 Å². The first kappa shape index (κ1) is 22.8. The lowest BCUT2D eigenvalue weighted by atomic mass is 10.1. The molecule has 6 nitrogen and oxygen atoms in total. The van der Waals surface area contributed by atoms with E-state index in [0.29, 0.717) is 17.0 Å². The van der Waals surface area contributed by atoms with E-state index in [4.69, 9.17) is 4.42 Å². The Bertz CT molecular complexity index is 1380. The first-order valence-electron chi connectivity index (χ1n) is 10.0. The minimum atomic E-state index is -4.16. The molecule has 0 saturated heterocycles. The molecule has 0 aliphatic heterocycles. The van der Waals surface area contributed by atoms with Gasteiger partial charge in [-0.25, -0.2) is 12.8 Å². The molecule has 2 aromatic heterocycles. The predicted octanol–water partition coefficient (Wildman–Crippen LogP) is 5.21. The van der Waals surface area contributed by atoms with Crippen LogP contribution in [0.15, 0.2) is 81.6 Å². The zero-order valence-corrected chi connectivity index (χ0v) is 19.5. The summed E-state index contributed by atoms with van der Waals surface area (Å²) in [4.78, 5) is 12.9. The summed E-state index contributed by atoms with van der Waals surface area (Å²) in [7, 11) is -2.74. The molecule has 0 fully saturated rings. The Kier molecular flexibility index (Phi) is 6.35. The lowest BCUT2D eigenvalue weighted by Gasteiger charge is -2.21. The second-order valence-electron chi connectivity index (χ2n) is 7.39. The molecule has 2 aromatic carbocycles. The summed E-state index contributed by atoms with van der Waals surface area (Å²) in [6.45, 7) is 2.01. The summed E-state index contributed by atoms with van der Waals surface area (Å²) in [5.74, 6) is -0.529. The summed E-state index contributed by atoms with van der Waals surface area (Å²) in [5, 5.41) is 4.26. The van der Waals surface area contributed by atoms with Gasteiger partial charge in [0.05, 0.1) is 18.5 Å². The van der Waals surface area contributed by atoms with Gasteiger partial charge in [0.15, 0.2) is 0 Å². The van der Waals surface area contributed by atoms with Crippen LogP contribution >= 0.6 is 11.3 Å². The number of carbonyl (C=O) groups excluding carboxylic acids is 1. The molecule has 0 saturated carbocycles. The third-order valence-corrected chi connectivity index (χ3v) is 8.09. The number of furan rings is 1. The zero-order chi connectivity index (χ0) is 23.6. The molecule has 1 amide bonds. The Morgan fingerprint density at radius 3 is 2.55 bits per heavy atom. The van der Waals surface area contributed by atoms with Crippen LogP contribution in [-0.4, -0.2) is 21.4 Å². The number of rotatable bonds is 7. The molecule has 9 heteroatoms. The molecule has 0 aliphatic rings. The quantitative estimate of drug-likeness (QED) is 0.391. The topological polar surface area (TPSA) is 79.6 Å². The highest BCUT2D eigenvalue weighted by molar-refractivity contribution is 7.93. The molecular weight excluding hydrogens is 463 g/mol. The number of carbonyl (C=O) groups is 1. The van der Waals surface area contributed by atoms with E-state index in [-0.39, 0.29) is 21.9 Å². The number of sulfonamides is 1. The van der Waals surface area contributed by atoms with Gasteiger partial charge >= 0.3 is 0 Å². The number of nitrogens with one attached hydrogen (secondary N) is 1. The predicted molar refractivity (Wildman–Crippen MR) is 126 cm³/mol. The number of thiophene rings is 1. The van der Waals surface area contributed by atoms with Crippen molar-refractivity contribution in [3.63, 3.8) is 0 Å². The minimum absolute atomic E-state index is 0.0137. The zero-order valence-electron chi connectivity index (χ0n) is 17.9. The molecule has 33 heavy (non-hydrogen) atoms. The van der Waals surface area contributed by atoms with Crippen LogP contribution in [0.3, 0.4) is 0 Å². The number of aryl methyl sites for hydroxylation is 1. The molecule has 2 heterocycles. The van der Waals surface area contributed by atoms with E-state index in [9.17, 15) is 17.6 Å². The highest BCUT2D eigenvalue weighted by Crippen LogP contribution is 2.38. The maximum absolute atomic E-state index is 13.9. The summed E-state index contributed by atoms with van der Waals surface area (Å²) in [5.41, 5.74) is 2.06. The molecule has 0 radical (unpaired) electrons. The Morgan fingerprint density at radius 2 is 1.88 bits per heavy atom. The highest BCUT2D eigenvalue weighted by Gasteiger charge is 2.32. The van der Waals surface area contributed by atoms with E-state index in [1.54, 1.807) is 47.8 Å². The first-order valence-corrected chi connectivity index (χ1v) is 12.3. The fourth-order valence-corrected chi connectivity index (χ4v) is 6.18. The molecule has 170 valence electrons. The largest absolute Gasteiger partial charge is 0.467 e. The lowest BCUT2D eigenvalue weighted by molar-refractivity contribution is 0.0949. The molecule has 0 unspecified atom stereocenters. The van der Waals surface area contributed by atoms with Crippen molar-refractivity contribution in [3.8, 4) is 11.1 Å². The molecule has 4 rings (SSSR count). The van der Waals surface area contributed by atoms with Crippen LogP contribution in [0.2, 0.25) is 0 Å². The van der Waals surface area contributed by atoms with Gasteiger partial charge in [0.25, 0.3) is 15.9 Å². The fourth-order valence-electron chi connectivity index (χ4n) is 3.31. The number of amides is 1. The van der Waals surface area contributed by atoms with Crippen molar-refractivity contribution in [1.82, 2.24) is 5.32 Å². The Hall–Kier alpha value is -3.43. The van der Waals surface area contributed by atoms with Crippen LogP contribution in [0.1, 0.15) is 21.0 Å². The van der Waals surface area contributed by atoms with E-state index in [2.05, 4.69) is 5.32 Å². The van der Waals surface area contributed by atoms with Crippen molar-refractivity contribution >= 4 is 33.0 Å². The maximum Gasteiger partial charge on any atom is 0.266 e. The molecule has 0 aliphatic carbocycles. The van der Waals surface area contributed by atoms with Crippen molar-refractivity contribution in [2.45, 2.75) is 18.4 Å². The molecule has 0 bridgehead atoms. The molecule has 1 N–H and O–H groups in total. The minimum Gasteiger partial charge on any atom is -0.467 e. The van der Waals surface area contributed by atoms with Gasteiger partial charge in [-0.3, -0.25) is 9.10 Å². The third-order valence-electron chi connectivity index (χ3n) is 5.11. The van der Waals surface area contributed by atoms with Gasteiger partial charge in [-0.1, -0.05) is 29.8 Å². The SMILES string of the molecule is Cc1ccc(N(C)S(=O)(=O)c2c(-c3cccc(F)c3)csc2C(=O)NCc2ccco2)cc1. The molecule has 0 atom stereocenters. The number of hydrogen-bond acceptors (Lipinski definition) is 5. The van der Waals surface area contributed by atoms with Crippen molar-refractivity contribution in [3.05, 3.63) is 94.3 Å². The van der Waals surface area contributed by atoms with Crippen molar-refractivity contribution < 1.29 is 22.0 Å². The van der Waals surface area contributed by atoms with Crippen molar-refractivity contribution in [2.24, 2.45) is 0 Å². The lowest BCUT2D eigenvalue weighted by Crippen LogP contribution is -2.30. The Balaban J connectivity index is 1.79. The van der Waals surface area contributed by atoms with Crippen molar-refractivity contribution in [1.29, 1.82) is 0 Å². The number of hydrogen-bond donors (Lipinski definition) is 1. The fraction of sp³-hybridized carbons (Fsp3) is 0.125. The Labute approximate surface area is 195 Å². The van der Waals surface area contributed by atoms with Crippen LogP contribution in [0.4, 0.5) is 10.1 Å². The summed E-state index contributed by atoms with van der Waals surface area (Å²) in [6.07, 6.45) is 1.49. The van der Waals surface area contributed by atoms with E-state index >= 15 is 0 Å². The van der Waals surface area contributed by atoms with Crippen LogP contribution in [0.25, 0.3) is 11.1 Å². The van der Waals surface area contributed by atoms with Crippen LogP contribution in [-0.2, 0) is 16.6 Å². The maximum atomic E-state index is 13.9. The van der Waals surface area contributed by atoms with Gasteiger partial charge in [-0.2, -0.15) is 0 Å². The molecule has 4 aromatic rings. The van der Waals surface area contributed by atoms with Crippen LogP contribution in [0.5, 0.6) is 0 Å². The summed E-state index contributed by atoms with van der Waals surface area (Å²) < 4.78 is 47.8. The second kappa shape index (κ2) is 9.21. The normalized spacial score (nSPS) is 11.4. The van der Waals surface area contributed by atoms with Crippen LogP contribution < -0.4 is 9.62 Å².